The molecular weight excluding hydrogens is 320 g/mol. The number of rotatable bonds is 18. The van der Waals surface area contributed by atoms with Gasteiger partial charge in [-0.3, -0.25) is 0 Å². The van der Waals surface area contributed by atoms with E-state index < -0.39 is 0 Å². The van der Waals surface area contributed by atoms with Crippen molar-refractivity contribution < 1.29 is 30.1 Å². The maximum absolute atomic E-state index is 2.30. The van der Waals surface area contributed by atoms with Crippen LogP contribution >= 0.6 is 0 Å². The Bertz CT molecular complexity index is 159. The van der Waals surface area contributed by atoms with E-state index in [-0.39, 0.29) is 11.0 Å². The van der Waals surface area contributed by atoms with E-state index in [1.807, 2.05) is 0 Å². The first-order valence-corrected chi connectivity index (χ1v) is 12.3. The fraction of sp³-hybridized carbons (Fsp3) is 1.00. The van der Waals surface area contributed by atoms with E-state index in [2.05, 4.69) is 13.8 Å². The smallest absolute Gasteiger partial charge is 0.870 e. The van der Waals surface area contributed by atoms with Crippen molar-refractivity contribution in [3.05, 3.63) is 0 Å². The SMILES string of the molecule is CCCCCCCCC[CH2][Ti+2][CH2]CCCCCCCCC.[OH-].[OH-]. The van der Waals surface area contributed by atoms with E-state index in [4.69, 9.17) is 0 Å². The van der Waals surface area contributed by atoms with Crippen LogP contribution in [-0.4, -0.2) is 11.0 Å². The van der Waals surface area contributed by atoms with Gasteiger partial charge < -0.3 is 11.0 Å². The molecule has 0 bridgehead atoms. The predicted octanol–water partition coefficient (Wildman–Crippen LogP) is 7.83. The van der Waals surface area contributed by atoms with E-state index in [0.717, 1.165) is 0 Å². The van der Waals surface area contributed by atoms with Gasteiger partial charge in [0.25, 0.3) is 0 Å². The van der Waals surface area contributed by atoms with Gasteiger partial charge >= 0.3 is 145 Å². The summed E-state index contributed by atoms with van der Waals surface area (Å²) in [7, 11) is 0. The number of hydrogen-bond donors (Lipinski definition) is 0. The van der Waals surface area contributed by atoms with Gasteiger partial charge in [0.2, 0.25) is 0 Å². The van der Waals surface area contributed by atoms with Crippen molar-refractivity contribution in [3.8, 4) is 0 Å². The Kier molecular flexibility index (Phi) is 34.0. The summed E-state index contributed by atoms with van der Waals surface area (Å²) in [6, 6.07) is 0. The molecule has 140 valence electrons. The second-order valence-corrected chi connectivity index (χ2v) is 9.04. The quantitative estimate of drug-likeness (QED) is 0.184. The fourth-order valence-corrected chi connectivity index (χ4v) is 4.84. The van der Waals surface area contributed by atoms with Crippen LogP contribution in [0.3, 0.4) is 0 Å². The van der Waals surface area contributed by atoms with Crippen molar-refractivity contribution in [1.82, 2.24) is 0 Å². The molecule has 2 N–H and O–H groups in total. The van der Waals surface area contributed by atoms with E-state index in [1.165, 1.54) is 89.9 Å². The zero-order valence-electron chi connectivity index (χ0n) is 16.1. The second-order valence-electron chi connectivity index (χ2n) is 6.70. The average Bonchev–Trinajstić information content (AvgIpc) is 2.50. The van der Waals surface area contributed by atoms with Crippen LogP contribution in [-0.2, 0) is 19.2 Å². The fourth-order valence-electron chi connectivity index (χ4n) is 2.89. The zero-order chi connectivity index (χ0) is 15.4. The monoisotopic (exact) mass is 364 g/mol. The molecule has 0 spiro atoms. The van der Waals surface area contributed by atoms with Gasteiger partial charge in [0.1, 0.15) is 0 Å². The van der Waals surface area contributed by atoms with E-state index in [0.29, 0.717) is 19.2 Å². The summed E-state index contributed by atoms with van der Waals surface area (Å²) in [5.41, 5.74) is 0. The molecule has 0 aromatic rings. The van der Waals surface area contributed by atoms with Crippen LogP contribution in [0.5, 0.6) is 0 Å². The van der Waals surface area contributed by atoms with Gasteiger partial charge in [0.15, 0.2) is 0 Å². The molecule has 0 aromatic carbocycles. The Hall–Kier alpha value is 0.634. The van der Waals surface area contributed by atoms with Gasteiger partial charge in [-0.2, -0.15) is 0 Å². The molecule has 0 rings (SSSR count). The van der Waals surface area contributed by atoms with Crippen LogP contribution in [0.4, 0.5) is 0 Å². The molecule has 0 aliphatic rings. The van der Waals surface area contributed by atoms with Crippen molar-refractivity contribution in [1.29, 1.82) is 0 Å². The van der Waals surface area contributed by atoms with Gasteiger partial charge in [-0.1, -0.05) is 0 Å². The third kappa shape index (κ3) is 27.8. The van der Waals surface area contributed by atoms with Crippen LogP contribution < -0.4 is 0 Å². The summed E-state index contributed by atoms with van der Waals surface area (Å²) in [6.07, 6.45) is 23.7. The topological polar surface area (TPSA) is 60.0 Å². The molecule has 0 saturated carbocycles. The minimum atomic E-state index is 0. The molecule has 23 heavy (non-hydrogen) atoms. The van der Waals surface area contributed by atoms with Crippen molar-refractivity contribution in [2.75, 3.05) is 0 Å². The Balaban J connectivity index is -0.00000200. The summed E-state index contributed by atoms with van der Waals surface area (Å²) >= 11 is 0.434. The normalized spacial score (nSPS) is 9.83. The van der Waals surface area contributed by atoms with Gasteiger partial charge in [0, 0.05) is 0 Å². The van der Waals surface area contributed by atoms with Crippen LogP contribution in [0, 0.1) is 0 Å². The maximum atomic E-state index is 2.30. The standard InChI is InChI=1S/2C10H21.2H2O.Ti/c2*1-3-5-7-9-10-8-6-4-2;;;/h2*1,3-10H2,2H3;2*1H2;/q;;;;+2/p-2. The molecule has 2 nitrogen and oxygen atoms in total. The molecule has 0 radical (unpaired) electrons. The van der Waals surface area contributed by atoms with Gasteiger partial charge in [-0.05, 0) is 0 Å². The van der Waals surface area contributed by atoms with Crippen LogP contribution in [0.1, 0.15) is 117 Å². The largest absolute Gasteiger partial charge is 0.870 e. The molecule has 0 heterocycles. The maximum Gasteiger partial charge on any atom is -0.870 e. The van der Waals surface area contributed by atoms with Crippen molar-refractivity contribution in [3.63, 3.8) is 0 Å². The van der Waals surface area contributed by atoms with Gasteiger partial charge in [0.05, 0.1) is 0 Å². The molecule has 0 aliphatic heterocycles. The van der Waals surface area contributed by atoms with Crippen molar-refractivity contribution in [2.24, 2.45) is 0 Å². The summed E-state index contributed by atoms with van der Waals surface area (Å²) in [5, 5.41) is 0. The van der Waals surface area contributed by atoms with E-state index >= 15 is 0 Å². The molecule has 0 aromatic heterocycles. The summed E-state index contributed by atoms with van der Waals surface area (Å²) in [4.78, 5) is 0. The van der Waals surface area contributed by atoms with Crippen LogP contribution in [0.15, 0.2) is 0 Å². The Labute approximate surface area is 156 Å². The molecule has 0 fully saturated rings. The summed E-state index contributed by atoms with van der Waals surface area (Å²) in [5.74, 6) is 0. The molecular formula is C20H44O2Ti. The van der Waals surface area contributed by atoms with Crippen LogP contribution in [0.2, 0.25) is 9.45 Å². The third-order valence-corrected chi connectivity index (χ3v) is 6.62. The van der Waals surface area contributed by atoms with Gasteiger partial charge in [-0.15, -0.1) is 0 Å². The zero-order valence-corrected chi connectivity index (χ0v) is 17.7. The summed E-state index contributed by atoms with van der Waals surface area (Å²) in [6.45, 7) is 4.60. The molecule has 0 atom stereocenters. The number of hydrogen-bond acceptors (Lipinski definition) is 2. The molecule has 3 heteroatoms. The van der Waals surface area contributed by atoms with Crippen LogP contribution in [0.25, 0.3) is 0 Å². The molecule has 0 saturated heterocycles. The van der Waals surface area contributed by atoms with Crippen molar-refractivity contribution >= 4 is 0 Å². The summed E-state index contributed by atoms with van der Waals surface area (Å²) < 4.78 is 3.23. The minimum absolute atomic E-state index is 0. The van der Waals surface area contributed by atoms with Crippen molar-refractivity contribution in [2.45, 2.75) is 126 Å². The first-order chi connectivity index (χ1) is 10.4. The minimum Gasteiger partial charge on any atom is -0.870 e. The Morgan fingerprint density at radius 3 is 0.957 bits per heavy atom. The average molecular weight is 364 g/mol. The molecule has 0 unspecified atom stereocenters. The Morgan fingerprint density at radius 1 is 0.391 bits per heavy atom. The third-order valence-electron chi connectivity index (χ3n) is 4.41. The van der Waals surface area contributed by atoms with E-state index in [9.17, 15) is 0 Å². The predicted molar refractivity (Wildman–Crippen MR) is 98.7 cm³/mol. The second kappa shape index (κ2) is 27.5. The van der Waals surface area contributed by atoms with Gasteiger partial charge in [-0.25, -0.2) is 0 Å². The Morgan fingerprint density at radius 2 is 0.652 bits per heavy atom. The van der Waals surface area contributed by atoms with E-state index in [1.54, 1.807) is 22.3 Å². The first kappa shape index (κ1) is 28.4. The molecule has 0 amide bonds. The molecule has 0 aliphatic carbocycles. The first-order valence-electron chi connectivity index (χ1n) is 10.1. The number of unbranched alkanes of at least 4 members (excludes halogenated alkanes) is 14.